The zero-order chi connectivity index (χ0) is 10.8. The Hall–Kier alpha value is -0.970. The third-order valence-electron chi connectivity index (χ3n) is 2.30. The molecule has 2 rings (SSSR count). The van der Waals surface area contributed by atoms with Crippen LogP contribution in [-0.4, -0.2) is 25.8 Å². The minimum Gasteiger partial charge on any atom is -0.467 e. The third-order valence-corrected chi connectivity index (χ3v) is 2.30. The van der Waals surface area contributed by atoms with Crippen molar-refractivity contribution in [3.8, 4) is 5.75 Å². The molecule has 1 aromatic rings. The van der Waals surface area contributed by atoms with Crippen molar-refractivity contribution in [2.75, 3.05) is 26.6 Å². The second kappa shape index (κ2) is 5.39. The molecule has 1 aliphatic heterocycles. The highest BCUT2D eigenvalue weighted by Gasteiger charge is 2.16. The number of fused-ring (bicyclic) bond motifs is 1. The smallest absolute Gasteiger partial charge is 0.189 e. The molecule has 0 bridgehead atoms. The summed E-state index contributed by atoms with van der Waals surface area (Å²) in [6, 6.07) is 3.87. The molecule has 0 spiro atoms. The zero-order valence-electron chi connectivity index (χ0n) is 9.53. The molecule has 0 amide bonds. The molecule has 0 saturated carbocycles. The van der Waals surface area contributed by atoms with E-state index in [1.165, 1.54) is 0 Å². The van der Waals surface area contributed by atoms with Crippen LogP contribution in [0.1, 0.15) is 11.1 Å². The van der Waals surface area contributed by atoms with Gasteiger partial charge in [-0.25, -0.2) is 0 Å². The predicted octanol–water partition coefficient (Wildman–Crippen LogP) is 1.62. The molecular formula is C11H17ClN2O2. The summed E-state index contributed by atoms with van der Waals surface area (Å²) in [5, 5.41) is 0. The number of hydrogen-bond donors (Lipinski definition) is 1. The van der Waals surface area contributed by atoms with E-state index in [9.17, 15) is 0 Å². The molecule has 5 heteroatoms. The molecule has 90 valence electrons. The SMILES string of the molecule is CN(C)Cc1cc(N)cc2c1OCOC2.Cl. The molecule has 0 atom stereocenters. The summed E-state index contributed by atoms with van der Waals surface area (Å²) >= 11 is 0. The molecule has 1 heterocycles. The van der Waals surface area contributed by atoms with Crippen molar-refractivity contribution in [2.45, 2.75) is 13.2 Å². The van der Waals surface area contributed by atoms with Gasteiger partial charge in [0.1, 0.15) is 5.75 Å². The first-order valence-electron chi connectivity index (χ1n) is 4.93. The van der Waals surface area contributed by atoms with Gasteiger partial charge < -0.3 is 20.1 Å². The van der Waals surface area contributed by atoms with E-state index in [4.69, 9.17) is 15.2 Å². The predicted molar refractivity (Wildman–Crippen MR) is 65.8 cm³/mol. The van der Waals surface area contributed by atoms with E-state index in [0.717, 1.165) is 29.1 Å². The number of nitrogens with zero attached hydrogens (tertiary/aromatic N) is 1. The molecule has 16 heavy (non-hydrogen) atoms. The highest BCUT2D eigenvalue weighted by atomic mass is 35.5. The number of anilines is 1. The Morgan fingerprint density at radius 3 is 2.81 bits per heavy atom. The average Bonchev–Trinajstić information content (AvgIpc) is 2.16. The van der Waals surface area contributed by atoms with Crippen molar-refractivity contribution >= 4 is 18.1 Å². The first-order valence-corrected chi connectivity index (χ1v) is 4.93. The summed E-state index contributed by atoms with van der Waals surface area (Å²) in [6.45, 7) is 1.74. The molecule has 0 fully saturated rings. The lowest BCUT2D eigenvalue weighted by Gasteiger charge is -2.22. The fraction of sp³-hybridized carbons (Fsp3) is 0.455. The van der Waals surface area contributed by atoms with Crippen LogP contribution < -0.4 is 10.5 Å². The maximum atomic E-state index is 5.83. The van der Waals surface area contributed by atoms with Gasteiger partial charge in [0.2, 0.25) is 0 Å². The molecule has 0 aromatic heterocycles. The molecule has 2 N–H and O–H groups in total. The van der Waals surface area contributed by atoms with Gasteiger partial charge in [-0.15, -0.1) is 12.4 Å². The second-order valence-corrected chi connectivity index (χ2v) is 4.02. The van der Waals surface area contributed by atoms with E-state index in [1.807, 2.05) is 26.2 Å². The van der Waals surface area contributed by atoms with Gasteiger partial charge in [-0.1, -0.05) is 0 Å². The van der Waals surface area contributed by atoms with Crippen LogP contribution in [0.25, 0.3) is 0 Å². The lowest BCUT2D eigenvalue weighted by atomic mass is 10.1. The normalized spacial score (nSPS) is 13.9. The Balaban J connectivity index is 0.00000128. The number of halogens is 1. The van der Waals surface area contributed by atoms with Crippen LogP contribution in [-0.2, 0) is 17.9 Å². The van der Waals surface area contributed by atoms with Gasteiger partial charge in [-0.3, -0.25) is 0 Å². The summed E-state index contributed by atoms with van der Waals surface area (Å²) in [7, 11) is 4.05. The van der Waals surface area contributed by atoms with E-state index in [-0.39, 0.29) is 12.4 Å². The van der Waals surface area contributed by atoms with Gasteiger partial charge >= 0.3 is 0 Å². The maximum absolute atomic E-state index is 5.83. The number of hydrogen-bond acceptors (Lipinski definition) is 4. The number of rotatable bonds is 2. The van der Waals surface area contributed by atoms with Crippen LogP contribution >= 0.6 is 12.4 Å². The summed E-state index contributed by atoms with van der Waals surface area (Å²) in [4.78, 5) is 2.09. The van der Waals surface area contributed by atoms with Crippen LogP contribution in [0.15, 0.2) is 12.1 Å². The number of ether oxygens (including phenoxy) is 2. The van der Waals surface area contributed by atoms with Gasteiger partial charge in [0.05, 0.1) is 6.61 Å². The van der Waals surface area contributed by atoms with Crippen LogP contribution in [0, 0.1) is 0 Å². The topological polar surface area (TPSA) is 47.7 Å². The average molecular weight is 245 g/mol. The largest absolute Gasteiger partial charge is 0.467 e. The molecule has 0 saturated heterocycles. The first kappa shape index (κ1) is 13.1. The van der Waals surface area contributed by atoms with Gasteiger partial charge in [-0.2, -0.15) is 0 Å². The second-order valence-electron chi connectivity index (χ2n) is 4.02. The molecule has 4 nitrogen and oxygen atoms in total. The summed E-state index contributed by atoms with van der Waals surface area (Å²) in [6.07, 6.45) is 0. The van der Waals surface area contributed by atoms with Gasteiger partial charge in [0.25, 0.3) is 0 Å². The van der Waals surface area contributed by atoms with Crippen molar-refractivity contribution in [3.63, 3.8) is 0 Å². The maximum Gasteiger partial charge on any atom is 0.189 e. The van der Waals surface area contributed by atoms with Crippen molar-refractivity contribution in [1.82, 2.24) is 4.90 Å². The molecule has 0 radical (unpaired) electrons. The Morgan fingerprint density at radius 2 is 2.12 bits per heavy atom. The lowest BCUT2D eigenvalue weighted by molar-refractivity contribution is -0.0172. The summed E-state index contributed by atoms with van der Waals surface area (Å²) < 4.78 is 10.7. The highest BCUT2D eigenvalue weighted by molar-refractivity contribution is 5.85. The Kier molecular flexibility index (Phi) is 4.41. The van der Waals surface area contributed by atoms with E-state index in [2.05, 4.69) is 4.90 Å². The van der Waals surface area contributed by atoms with Crippen LogP contribution in [0.3, 0.4) is 0 Å². The number of nitrogens with two attached hydrogens (primary N) is 1. The quantitative estimate of drug-likeness (QED) is 0.804. The van der Waals surface area contributed by atoms with E-state index in [0.29, 0.717) is 13.4 Å². The number of benzene rings is 1. The first-order chi connectivity index (χ1) is 7.16. The minimum atomic E-state index is 0. The standard InChI is InChI=1S/C11H16N2O2.ClH/c1-13(2)5-8-3-10(12)4-9-6-14-7-15-11(8)9;/h3-4H,5-7,12H2,1-2H3;1H. The third kappa shape index (κ3) is 2.78. The van der Waals surface area contributed by atoms with E-state index >= 15 is 0 Å². The van der Waals surface area contributed by atoms with Gasteiger partial charge in [0.15, 0.2) is 6.79 Å². The fourth-order valence-electron chi connectivity index (χ4n) is 1.78. The highest BCUT2D eigenvalue weighted by Crippen LogP contribution is 2.31. The molecule has 1 aliphatic rings. The van der Waals surface area contributed by atoms with E-state index in [1.54, 1.807) is 0 Å². The molecule has 0 unspecified atom stereocenters. The van der Waals surface area contributed by atoms with Crippen LogP contribution in [0.5, 0.6) is 5.75 Å². The monoisotopic (exact) mass is 244 g/mol. The Labute approximate surface area is 102 Å². The molecule has 0 aliphatic carbocycles. The Morgan fingerprint density at radius 1 is 1.38 bits per heavy atom. The summed E-state index contributed by atoms with van der Waals surface area (Å²) in [5.41, 5.74) is 8.76. The summed E-state index contributed by atoms with van der Waals surface area (Å²) in [5.74, 6) is 0.934. The van der Waals surface area contributed by atoms with Crippen molar-refractivity contribution < 1.29 is 9.47 Å². The molecular weight excluding hydrogens is 228 g/mol. The lowest BCUT2D eigenvalue weighted by Crippen LogP contribution is -2.17. The molecule has 1 aromatic carbocycles. The number of nitrogen functional groups attached to an aromatic ring is 1. The minimum absolute atomic E-state index is 0. The van der Waals surface area contributed by atoms with Crippen LogP contribution in [0.4, 0.5) is 5.69 Å². The van der Waals surface area contributed by atoms with Gasteiger partial charge in [0, 0.05) is 23.4 Å². The fourth-order valence-corrected chi connectivity index (χ4v) is 1.78. The zero-order valence-corrected chi connectivity index (χ0v) is 10.3. The van der Waals surface area contributed by atoms with Crippen molar-refractivity contribution in [2.24, 2.45) is 0 Å². The van der Waals surface area contributed by atoms with E-state index < -0.39 is 0 Å². The van der Waals surface area contributed by atoms with Crippen molar-refractivity contribution in [3.05, 3.63) is 23.3 Å². The van der Waals surface area contributed by atoms with Crippen LogP contribution in [0.2, 0.25) is 0 Å². The van der Waals surface area contributed by atoms with Gasteiger partial charge in [-0.05, 0) is 26.2 Å². The Bertz CT molecular complexity index is 369. The van der Waals surface area contributed by atoms with Crippen molar-refractivity contribution in [1.29, 1.82) is 0 Å².